The van der Waals surface area contributed by atoms with Crippen LogP contribution in [-0.4, -0.2) is 47.2 Å². The molecule has 0 bridgehead atoms. The van der Waals surface area contributed by atoms with Crippen molar-refractivity contribution in [2.45, 2.75) is 51.5 Å². The highest BCUT2D eigenvalue weighted by molar-refractivity contribution is 6.67. The van der Waals surface area contributed by atoms with Crippen molar-refractivity contribution in [1.29, 1.82) is 0 Å². The summed E-state index contributed by atoms with van der Waals surface area (Å²) in [5.41, 5.74) is 2.29. The zero-order valence-electron chi connectivity index (χ0n) is 16.6. The Morgan fingerprint density at radius 1 is 0.964 bits per heavy atom. The summed E-state index contributed by atoms with van der Waals surface area (Å²) in [6.07, 6.45) is 3.09. The van der Waals surface area contributed by atoms with Crippen molar-refractivity contribution in [1.82, 2.24) is 0 Å². The molecule has 152 valence electrons. The SMILES string of the molecule is CCCO[Si](OCCC)(OCCC)C12CCOc3cc4c(c1c32)C(=O)OC4=O. The molecule has 0 amide bonds. The fraction of sp³-hybridized carbons (Fsp3) is 0.600. The Kier molecular flexibility index (Phi) is 5.07. The van der Waals surface area contributed by atoms with Gasteiger partial charge in [-0.1, -0.05) is 20.8 Å². The first kappa shape index (κ1) is 19.6. The number of cyclic esters (lactones) is 2. The third-order valence-corrected chi connectivity index (χ3v) is 8.99. The quantitative estimate of drug-likeness (QED) is 0.335. The maximum atomic E-state index is 12.4. The molecule has 3 aliphatic rings. The second kappa shape index (κ2) is 7.26. The van der Waals surface area contributed by atoms with E-state index >= 15 is 0 Å². The average molecular weight is 407 g/mol. The van der Waals surface area contributed by atoms with Gasteiger partial charge in [0.25, 0.3) is 0 Å². The van der Waals surface area contributed by atoms with Gasteiger partial charge in [-0.25, -0.2) is 9.59 Å². The second-order valence-corrected chi connectivity index (χ2v) is 10.2. The van der Waals surface area contributed by atoms with E-state index in [4.69, 9.17) is 22.8 Å². The lowest BCUT2D eigenvalue weighted by molar-refractivity contribution is 0.0400. The van der Waals surface area contributed by atoms with Gasteiger partial charge in [-0.05, 0) is 37.3 Å². The Bertz CT molecular complexity index is 799. The Morgan fingerprint density at radius 2 is 1.57 bits per heavy atom. The van der Waals surface area contributed by atoms with Crippen LogP contribution in [0.4, 0.5) is 0 Å². The Labute approximate surface area is 165 Å². The van der Waals surface area contributed by atoms with Crippen LogP contribution in [0.3, 0.4) is 0 Å². The molecule has 7 nitrogen and oxygen atoms in total. The molecule has 0 saturated heterocycles. The van der Waals surface area contributed by atoms with Crippen LogP contribution in [0.2, 0.25) is 0 Å². The van der Waals surface area contributed by atoms with Crippen LogP contribution in [0.5, 0.6) is 5.75 Å². The van der Waals surface area contributed by atoms with Crippen LogP contribution in [0.1, 0.15) is 78.3 Å². The van der Waals surface area contributed by atoms with Crippen LogP contribution >= 0.6 is 0 Å². The zero-order valence-corrected chi connectivity index (χ0v) is 17.6. The van der Waals surface area contributed by atoms with Crippen molar-refractivity contribution in [3.8, 4) is 5.75 Å². The van der Waals surface area contributed by atoms with Crippen LogP contribution in [0.25, 0.3) is 0 Å². The summed E-state index contributed by atoms with van der Waals surface area (Å²) < 4.78 is 29.9. The van der Waals surface area contributed by atoms with E-state index in [9.17, 15) is 9.59 Å². The van der Waals surface area contributed by atoms with E-state index in [1.54, 1.807) is 6.07 Å². The van der Waals surface area contributed by atoms with Gasteiger partial charge in [-0.2, -0.15) is 0 Å². The molecule has 28 heavy (non-hydrogen) atoms. The van der Waals surface area contributed by atoms with E-state index in [0.29, 0.717) is 44.2 Å². The van der Waals surface area contributed by atoms with Gasteiger partial charge in [0.15, 0.2) is 0 Å². The minimum Gasteiger partial charge on any atom is -0.493 e. The number of ether oxygens (including phenoxy) is 2. The lowest BCUT2D eigenvalue weighted by atomic mass is 10.1. The van der Waals surface area contributed by atoms with Gasteiger partial charge in [-0.15, -0.1) is 0 Å². The number of esters is 2. The van der Waals surface area contributed by atoms with E-state index in [-0.39, 0.29) is 5.56 Å². The van der Waals surface area contributed by atoms with E-state index in [1.807, 2.05) is 20.8 Å². The highest BCUT2D eigenvalue weighted by Crippen LogP contribution is 2.66. The molecule has 0 radical (unpaired) electrons. The van der Waals surface area contributed by atoms with E-state index in [1.165, 1.54) is 0 Å². The third-order valence-electron chi connectivity index (χ3n) is 5.44. The van der Waals surface area contributed by atoms with Gasteiger partial charge in [0.1, 0.15) is 5.75 Å². The molecule has 1 aromatic carbocycles. The van der Waals surface area contributed by atoms with Crippen LogP contribution in [-0.2, 0) is 23.1 Å². The summed E-state index contributed by atoms with van der Waals surface area (Å²) in [7, 11) is -3.25. The predicted molar refractivity (Wildman–Crippen MR) is 102 cm³/mol. The maximum absolute atomic E-state index is 12.4. The van der Waals surface area contributed by atoms with Crippen molar-refractivity contribution in [3.63, 3.8) is 0 Å². The van der Waals surface area contributed by atoms with Gasteiger partial charge in [0.2, 0.25) is 0 Å². The first-order valence-corrected chi connectivity index (χ1v) is 11.8. The van der Waals surface area contributed by atoms with E-state index < -0.39 is 25.8 Å². The molecule has 0 fully saturated rings. The lowest BCUT2D eigenvalue weighted by Crippen LogP contribution is -2.59. The third kappa shape index (κ3) is 2.58. The van der Waals surface area contributed by atoms with Crippen LogP contribution in [0, 0.1) is 0 Å². The van der Waals surface area contributed by atoms with Gasteiger partial charge >= 0.3 is 20.7 Å². The number of carbonyl (C=O) groups excluding carboxylic acids is 2. The normalized spacial score (nSPS) is 21.8. The first-order chi connectivity index (χ1) is 13.6. The molecule has 0 spiro atoms. The number of hydrogen-bond donors (Lipinski definition) is 0. The lowest BCUT2D eigenvalue weighted by Gasteiger charge is -2.38. The number of hydrogen-bond acceptors (Lipinski definition) is 7. The molecular formula is C20H26O7Si. The van der Waals surface area contributed by atoms with Gasteiger partial charge in [0.05, 0.1) is 22.8 Å². The highest BCUT2D eigenvalue weighted by atomic mass is 28.4. The summed E-state index contributed by atoms with van der Waals surface area (Å²) in [5, 5.41) is -0.628. The molecule has 1 aliphatic carbocycles. The topological polar surface area (TPSA) is 80.3 Å². The van der Waals surface area contributed by atoms with Gasteiger partial charge in [-0.3, -0.25) is 0 Å². The van der Waals surface area contributed by atoms with Crippen molar-refractivity contribution in [3.05, 3.63) is 28.3 Å². The average Bonchev–Trinajstić information content (AvgIpc) is 3.30. The molecule has 2 heterocycles. The van der Waals surface area contributed by atoms with E-state index in [0.717, 1.165) is 30.4 Å². The molecule has 0 saturated carbocycles. The Morgan fingerprint density at radius 3 is 2.14 bits per heavy atom. The molecular weight excluding hydrogens is 380 g/mol. The monoisotopic (exact) mass is 406 g/mol. The smallest absolute Gasteiger partial charge is 0.493 e. The maximum Gasteiger partial charge on any atom is 0.517 e. The molecule has 2 aliphatic heterocycles. The molecule has 8 heteroatoms. The number of rotatable bonds is 10. The standard InChI is InChI=1S/C20H26O7Si/c1-4-8-24-28(25-9-5-2,26-10-6-3)20-7-11-23-14-12-13-15(17(20)16(14)20)19(22)27-18(13)21/h12H,4-11H2,1-3H3. The molecule has 4 rings (SSSR count). The zero-order chi connectivity index (χ0) is 19.9. The van der Waals surface area contributed by atoms with Crippen LogP contribution < -0.4 is 4.74 Å². The number of benzene rings is 1. The Hall–Kier alpha value is -1.74. The summed E-state index contributed by atoms with van der Waals surface area (Å²) in [4.78, 5) is 24.6. The summed E-state index contributed by atoms with van der Waals surface area (Å²) in [6, 6.07) is 1.63. The van der Waals surface area contributed by atoms with Crippen molar-refractivity contribution in [2.24, 2.45) is 0 Å². The molecule has 1 unspecified atom stereocenters. The number of carbonyl (C=O) groups is 2. The largest absolute Gasteiger partial charge is 0.517 e. The minimum absolute atomic E-state index is 0.270. The first-order valence-electron chi connectivity index (χ1n) is 10.1. The molecule has 0 aromatic heterocycles. The van der Waals surface area contributed by atoms with Gasteiger partial charge < -0.3 is 22.8 Å². The second-order valence-electron chi connectivity index (χ2n) is 7.33. The van der Waals surface area contributed by atoms with Crippen molar-refractivity contribution < 1.29 is 32.3 Å². The fourth-order valence-electron chi connectivity index (χ4n) is 4.31. The van der Waals surface area contributed by atoms with E-state index in [2.05, 4.69) is 0 Å². The van der Waals surface area contributed by atoms with Crippen LogP contribution in [0.15, 0.2) is 6.07 Å². The summed E-state index contributed by atoms with van der Waals surface area (Å²) in [5.74, 6) is -0.610. The van der Waals surface area contributed by atoms with Crippen molar-refractivity contribution >= 4 is 20.7 Å². The Balaban J connectivity index is 1.86. The number of fused-ring (bicyclic) bond motifs is 3. The van der Waals surface area contributed by atoms with Gasteiger partial charge in [0, 0.05) is 25.4 Å². The molecule has 1 atom stereocenters. The summed E-state index contributed by atoms with van der Waals surface area (Å²) in [6.45, 7) is 8.11. The summed E-state index contributed by atoms with van der Waals surface area (Å²) >= 11 is 0. The molecule has 0 N–H and O–H groups in total. The highest BCUT2D eigenvalue weighted by Gasteiger charge is 2.76. The molecule has 1 aromatic rings. The van der Waals surface area contributed by atoms with Crippen molar-refractivity contribution in [2.75, 3.05) is 26.4 Å². The fourth-order valence-corrected chi connectivity index (χ4v) is 8.17. The minimum atomic E-state index is -3.25. The predicted octanol–water partition coefficient (Wildman–Crippen LogP) is 3.14.